The summed E-state index contributed by atoms with van der Waals surface area (Å²) in [6.45, 7) is 8.79. The Bertz CT molecular complexity index is 177. The van der Waals surface area contributed by atoms with Gasteiger partial charge in [-0.05, 0) is 32.2 Å². The standard InChI is InChI=1S/C10H19NO.C2H6.FH/c1-3-10-5-4-6-11(10)8-9(7-10)12-2;1-2;/h9H,3-8H2,1-2H3;1-2H3;1H/t9-,10+;;/m1../s1. The number of hydrogen-bond acceptors (Lipinski definition) is 2. The second-order valence-corrected chi connectivity index (χ2v) is 4.19. The molecule has 0 aromatic rings. The third-order valence-corrected chi connectivity index (χ3v) is 3.76. The fourth-order valence-electron chi connectivity index (χ4n) is 2.95. The van der Waals surface area contributed by atoms with Crippen LogP contribution in [0.3, 0.4) is 0 Å². The van der Waals surface area contributed by atoms with E-state index in [1.165, 1.54) is 38.8 Å². The topological polar surface area (TPSA) is 12.5 Å². The molecule has 15 heavy (non-hydrogen) atoms. The molecule has 2 atom stereocenters. The van der Waals surface area contributed by atoms with Gasteiger partial charge in [0.05, 0.1) is 6.10 Å². The van der Waals surface area contributed by atoms with Crippen LogP contribution in [-0.4, -0.2) is 36.7 Å². The SMILES string of the molecule is CC.CC[C@@]12CCCN1C[C@H](OC)C2.F. The maximum Gasteiger partial charge on any atom is 0.0716 e. The van der Waals surface area contributed by atoms with Crippen LogP contribution in [0.2, 0.25) is 0 Å². The Morgan fingerprint density at radius 2 is 2.07 bits per heavy atom. The number of halogens is 1. The van der Waals surface area contributed by atoms with Gasteiger partial charge in [-0.15, -0.1) is 0 Å². The highest BCUT2D eigenvalue weighted by molar-refractivity contribution is 5.02. The summed E-state index contributed by atoms with van der Waals surface area (Å²) in [7, 11) is 1.84. The zero-order valence-electron chi connectivity index (χ0n) is 10.6. The first-order valence-electron chi connectivity index (χ1n) is 6.08. The molecule has 0 aromatic heterocycles. The van der Waals surface area contributed by atoms with Crippen molar-refractivity contribution in [3.63, 3.8) is 0 Å². The first-order valence-corrected chi connectivity index (χ1v) is 6.08. The van der Waals surface area contributed by atoms with Crippen LogP contribution in [0.15, 0.2) is 0 Å². The van der Waals surface area contributed by atoms with Gasteiger partial charge in [0, 0.05) is 19.2 Å². The molecular formula is C12H26FNO. The van der Waals surface area contributed by atoms with Crippen LogP contribution in [0.25, 0.3) is 0 Å². The summed E-state index contributed by atoms with van der Waals surface area (Å²) in [4.78, 5) is 2.64. The van der Waals surface area contributed by atoms with Crippen molar-refractivity contribution in [2.45, 2.75) is 58.1 Å². The van der Waals surface area contributed by atoms with E-state index in [-0.39, 0.29) is 4.70 Å². The van der Waals surface area contributed by atoms with E-state index in [2.05, 4.69) is 11.8 Å². The molecule has 0 aliphatic carbocycles. The monoisotopic (exact) mass is 219 g/mol. The van der Waals surface area contributed by atoms with E-state index in [9.17, 15) is 0 Å². The highest BCUT2D eigenvalue weighted by Crippen LogP contribution is 2.41. The van der Waals surface area contributed by atoms with Crippen molar-refractivity contribution in [1.82, 2.24) is 4.90 Å². The molecule has 0 radical (unpaired) electrons. The summed E-state index contributed by atoms with van der Waals surface area (Å²) in [5.41, 5.74) is 0.528. The minimum Gasteiger partial charge on any atom is -0.380 e. The van der Waals surface area contributed by atoms with E-state index in [1.807, 2.05) is 21.0 Å². The number of nitrogens with zero attached hydrogens (tertiary/aromatic N) is 1. The fraction of sp³-hybridized carbons (Fsp3) is 1.00. The molecule has 2 rings (SSSR count). The summed E-state index contributed by atoms with van der Waals surface area (Å²) in [5.74, 6) is 0. The zero-order chi connectivity index (χ0) is 10.6. The zero-order valence-corrected chi connectivity index (χ0v) is 10.6. The molecular weight excluding hydrogens is 193 g/mol. The van der Waals surface area contributed by atoms with Gasteiger partial charge in [-0.2, -0.15) is 0 Å². The molecule has 0 spiro atoms. The normalized spacial score (nSPS) is 34.0. The average molecular weight is 219 g/mol. The molecule has 0 bridgehead atoms. The van der Waals surface area contributed by atoms with Crippen molar-refractivity contribution >= 4 is 0 Å². The number of hydrogen-bond donors (Lipinski definition) is 0. The largest absolute Gasteiger partial charge is 0.380 e. The Hall–Kier alpha value is -0.150. The van der Waals surface area contributed by atoms with Gasteiger partial charge in [0.25, 0.3) is 0 Å². The first-order chi connectivity index (χ1) is 6.80. The Kier molecular flexibility index (Phi) is 6.37. The van der Waals surface area contributed by atoms with Crippen molar-refractivity contribution in [2.75, 3.05) is 20.2 Å². The van der Waals surface area contributed by atoms with Crippen LogP contribution in [-0.2, 0) is 4.74 Å². The summed E-state index contributed by atoms with van der Waals surface area (Å²) in [5, 5.41) is 0. The Morgan fingerprint density at radius 3 is 2.53 bits per heavy atom. The minimum absolute atomic E-state index is 0. The third-order valence-electron chi connectivity index (χ3n) is 3.76. The van der Waals surface area contributed by atoms with Gasteiger partial charge in [-0.1, -0.05) is 20.8 Å². The van der Waals surface area contributed by atoms with Crippen LogP contribution < -0.4 is 0 Å². The molecule has 2 nitrogen and oxygen atoms in total. The lowest BCUT2D eigenvalue weighted by molar-refractivity contribution is 0.107. The molecule has 0 aromatic carbocycles. The van der Waals surface area contributed by atoms with Crippen LogP contribution in [0.4, 0.5) is 4.70 Å². The molecule has 2 saturated heterocycles. The second kappa shape index (κ2) is 6.44. The molecule has 0 unspecified atom stereocenters. The molecule has 92 valence electrons. The summed E-state index contributed by atoms with van der Waals surface area (Å²) < 4.78 is 5.43. The lowest BCUT2D eigenvalue weighted by Crippen LogP contribution is -2.37. The predicted molar refractivity (Wildman–Crippen MR) is 63.1 cm³/mol. The smallest absolute Gasteiger partial charge is 0.0716 e. The second-order valence-electron chi connectivity index (χ2n) is 4.19. The van der Waals surface area contributed by atoms with E-state index in [0.29, 0.717) is 11.6 Å². The quantitative estimate of drug-likeness (QED) is 0.708. The van der Waals surface area contributed by atoms with Gasteiger partial charge in [0.2, 0.25) is 0 Å². The number of ether oxygens (including phenoxy) is 1. The molecule has 2 fully saturated rings. The van der Waals surface area contributed by atoms with Gasteiger partial charge in [0.15, 0.2) is 0 Å². The van der Waals surface area contributed by atoms with E-state index >= 15 is 0 Å². The van der Waals surface area contributed by atoms with Gasteiger partial charge in [0.1, 0.15) is 0 Å². The number of rotatable bonds is 2. The average Bonchev–Trinajstić information content (AvgIpc) is 2.76. The fourth-order valence-corrected chi connectivity index (χ4v) is 2.95. The van der Waals surface area contributed by atoms with E-state index < -0.39 is 0 Å². The van der Waals surface area contributed by atoms with Gasteiger partial charge >= 0.3 is 0 Å². The van der Waals surface area contributed by atoms with Gasteiger partial charge in [-0.3, -0.25) is 9.60 Å². The van der Waals surface area contributed by atoms with E-state index in [1.54, 1.807) is 0 Å². The number of fused-ring (bicyclic) bond motifs is 1. The third kappa shape index (κ3) is 2.70. The molecule has 2 aliphatic rings. The van der Waals surface area contributed by atoms with Crippen LogP contribution in [0.1, 0.15) is 46.5 Å². The number of methoxy groups -OCH3 is 1. The summed E-state index contributed by atoms with van der Waals surface area (Å²) in [6, 6.07) is 0. The molecule has 3 heteroatoms. The lowest BCUT2D eigenvalue weighted by atomic mass is 9.90. The van der Waals surface area contributed by atoms with Crippen molar-refractivity contribution in [2.24, 2.45) is 0 Å². The summed E-state index contributed by atoms with van der Waals surface area (Å²) >= 11 is 0. The molecule has 2 aliphatic heterocycles. The van der Waals surface area contributed by atoms with Crippen molar-refractivity contribution in [3.05, 3.63) is 0 Å². The van der Waals surface area contributed by atoms with Crippen LogP contribution in [0, 0.1) is 0 Å². The Balaban J connectivity index is 0.000000617. The maximum atomic E-state index is 5.43. The van der Waals surface area contributed by atoms with Gasteiger partial charge in [-0.25, -0.2) is 0 Å². The first kappa shape index (κ1) is 14.8. The maximum absolute atomic E-state index is 5.43. The molecule has 0 amide bonds. The molecule has 0 saturated carbocycles. The van der Waals surface area contributed by atoms with Crippen LogP contribution >= 0.6 is 0 Å². The minimum atomic E-state index is 0. The van der Waals surface area contributed by atoms with Crippen molar-refractivity contribution in [3.8, 4) is 0 Å². The van der Waals surface area contributed by atoms with Crippen LogP contribution in [0.5, 0.6) is 0 Å². The van der Waals surface area contributed by atoms with Gasteiger partial charge < -0.3 is 4.74 Å². The van der Waals surface area contributed by atoms with E-state index in [4.69, 9.17) is 4.74 Å². The predicted octanol–water partition coefficient (Wildman–Crippen LogP) is 2.83. The van der Waals surface area contributed by atoms with E-state index in [0.717, 1.165) is 0 Å². The molecule has 0 N–H and O–H groups in total. The summed E-state index contributed by atoms with van der Waals surface area (Å²) in [6.07, 6.45) is 5.85. The highest BCUT2D eigenvalue weighted by Gasteiger charge is 2.46. The Labute approximate surface area is 93.3 Å². The van der Waals surface area contributed by atoms with Crippen molar-refractivity contribution < 1.29 is 9.44 Å². The lowest BCUT2D eigenvalue weighted by Gasteiger charge is -2.30. The highest BCUT2D eigenvalue weighted by atomic mass is 19.0. The Morgan fingerprint density at radius 1 is 1.40 bits per heavy atom. The van der Waals surface area contributed by atoms with Crippen molar-refractivity contribution in [1.29, 1.82) is 0 Å². The molecule has 2 heterocycles.